The maximum absolute atomic E-state index is 3.63. The number of rotatable bonds is 6. The molecule has 2 heteroatoms. The molecule has 0 spiro atoms. The van der Waals surface area contributed by atoms with Gasteiger partial charge in [0.05, 0.1) is 0 Å². The van der Waals surface area contributed by atoms with Crippen molar-refractivity contribution in [3.05, 3.63) is 29.3 Å². The van der Waals surface area contributed by atoms with Gasteiger partial charge in [0, 0.05) is 12.2 Å². The van der Waals surface area contributed by atoms with Crippen LogP contribution in [-0.2, 0) is 6.42 Å². The Morgan fingerprint density at radius 3 is 2.72 bits per heavy atom. The third-order valence-electron chi connectivity index (χ3n) is 3.89. The summed E-state index contributed by atoms with van der Waals surface area (Å²) in [4.78, 5) is 2.58. The van der Waals surface area contributed by atoms with Gasteiger partial charge in [0.1, 0.15) is 0 Å². The Kier molecular flexibility index (Phi) is 5.06. The van der Waals surface area contributed by atoms with Crippen LogP contribution in [0, 0.1) is 6.92 Å². The van der Waals surface area contributed by atoms with Crippen molar-refractivity contribution in [3.63, 3.8) is 0 Å². The summed E-state index contributed by atoms with van der Waals surface area (Å²) >= 11 is 0. The monoisotopic (exact) mass is 246 g/mol. The number of likely N-dealkylation sites (tertiary alicyclic amines) is 1. The molecule has 0 aromatic heterocycles. The molecule has 2 nitrogen and oxygen atoms in total. The van der Waals surface area contributed by atoms with Crippen LogP contribution in [0.3, 0.4) is 0 Å². The predicted octanol–water partition coefficient (Wildman–Crippen LogP) is 3.46. The van der Waals surface area contributed by atoms with Crippen LogP contribution in [0.15, 0.2) is 18.2 Å². The summed E-state index contributed by atoms with van der Waals surface area (Å²) in [6, 6.07) is 6.58. The van der Waals surface area contributed by atoms with Crippen molar-refractivity contribution in [2.75, 3.05) is 31.5 Å². The van der Waals surface area contributed by atoms with Gasteiger partial charge < -0.3 is 10.2 Å². The number of para-hydroxylation sites is 1. The smallest absolute Gasteiger partial charge is 0.0402 e. The van der Waals surface area contributed by atoms with Crippen molar-refractivity contribution in [2.24, 2.45) is 0 Å². The van der Waals surface area contributed by atoms with Gasteiger partial charge in [-0.1, -0.05) is 25.1 Å². The third kappa shape index (κ3) is 3.49. The normalized spacial score (nSPS) is 16.1. The Hall–Kier alpha value is -1.02. The molecule has 0 atom stereocenters. The SMILES string of the molecule is CCc1cccc(C)c1NCCCN1CCCC1. The van der Waals surface area contributed by atoms with Gasteiger partial charge >= 0.3 is 0 Å². The first-order valence-electron chi connectivity index (χ1n) is 7.36. The van der Waals surface area contributed by atoms with Crippen LogP contribution in [0.1, 0.15) is 37.3 Å². The van der Waals surface area contributed by atoms with Gasteiger partial charge in [-0.3, -0.25) is 0 Å². The minimum Gasteiger partial charge on any atom is -0.385 e. The molecule has 1 aliphatic heterocycles. The first-order valence-corrected chi connectivity index (χ1v) is 7.36. The van der Waals surface area contributed by atoms with Gasteiger partial charge in [-0.15, -0.1) is 0 Å². The summed E-state index contributed by atoms with van der Waals surface area (Å²) in [5.74, 6) is 0. The molecule has 0 aliphatic carbocycles. The van der Waals surface area contributed by atoms with Crippen molar-refractivity contribution in [3.8, 4) is 0 Å². The lowest BCUT2D eigenvalue weighted by Crippen LogP contribution is -2.22. The molecule has 0 unspecified atom stereocenters. The molecule has 2 rings (SSSR count). The second-order valence-corrected chi connectivity index (χ2v) is 5.29. The molecule has 1 saturated heterocycles. The Morgan fingerprint density at radius 2 is 2.00 bits per heavy atom. The van der Waals surface area contributed by atoms with Crippen molar-refractivity contribution in [1.29, 1.82) is 0 Å². The van der Waals surface area contributed by atoms with Crippen LogP contribution < -0.4 is 5.32 Å². The lowest BCUT2D eigenvalue weighted by molar-refractivity contribution is 0.337. The third-order valence-corrected chi connectivity index (χ3v) is 3.89. The zero-order valence-corrected chi connectivity index (χ0v) is 11.8. The average Bonchev–Trinajstić information content (AvgIpc) is 2.89. The summed E-state index contributed by atoms with van der Waals surface area (Å²) in [6.07, 6.45) is 5.14. The second kappa shape index (κ2) is 6.79. The van der Waals surface area contributed by atoms with Crippen LogP contribution >= 0.6 is 0 Å². The Balaban J connectivity index is 1.78. The number of benzene rings is 1. The summed E-state index contributed by atoms with van der Waals surface area (Å²) in [5, 5.41) is 3.63. The molecule has 1 heterocycles. The first-order chi connectivity index (χ1) is 8.81. The largest absolute Gasteiger partial charge is 0.385 e. The number of nitrogens with one attached hydrogen (secondary N) is 1. The molecular formula is C16H26N2. The van der Waals surface area contributed by atoms with E-state index >= 15 is 0 Å². The minimum atomic E-state index is 1.09. The van der Waals surface area contributed by atoms with E-state index in [4.69, 9.17) is 0 Å². The highest BCUT2D eigenvalue weighted by atomic mass is 15.1. The standard InChI is InChI=1S/C16H26N2/c1-3-15-9-6-8-14(2)16(15)17-10-7-13-18-11-4-5-12-18/h6,8-9,17H,3-5,7,10-13H2,1-2H3. The van der Waals surface area contributed by atoms with E-state index < -0.39 is 0 Å². The number of hydrogen-bond donors (Lipinski definition) is 1. The van der Waals surface area contributed by atoms with Gasteiger partial charge in [-0.2, -0.15) is 0 Å². The fourth-order valence-electron chi connectivity index (χ4n) is 2.80. The lowest BCUT2D eigenvalue weighted by atomic mass is 10.1. The van der Waals surface area contributed by atoms with Crippen LogP contribution in [0.5, 0.6) is 0 Å². The zero-order valence-electron chi connectivity index (χ0n) is 11.8. The van der Waals surface area contributed by atoms with Gasteiger partial charge in [-0.05, 0) is 63.4 Å². The van der Waals surface area contributed by atoms with Crippen LogP contribution in [0.2, 0.25) is 0 Å². The van der Waals surface area contributed by atoms with Gasteiger partial charge in [0.25, 0.3) is 0 Å². The van der Waals surface area contributed by atoms with E-state index in [-0.39, 0.29) is 0 Å². The number of nitrogens with zero attached hydrogens (tertiary/aromatic N) is 1. The second-order valence-electron chi connectivity index (χ2n) is 5.29. The Labute approximate surface area is 111 Å². The molecule has 1 N–H and O–H groups in total. The first kappa shape index (κ1) is 13.4. The van der Waals surface area contributed by atoms with E-state index in [0.29, 0.717) is 0 Å². The topological polar surface area (TPSA) is 15.3 Å². The maximum Gasteiger partial charge on any atom is 0.0402 e. The van der Waals surface area contributed by atoms with E-state index in [2.05, 4.69) is 42.3 Å². The predicted molar refractivity (Wildman–Crippen MR) is 79.3 cm³/mol. The maximum atomic E-state index is 3.63. The van der Waals surface area contributed by atoms with Crippen molar-refractivity contribution in [2.45, 2.75) is 39.5 Å². The Bertz CT molecular complexity index is 367. The van der Waals surface area contributed by atoms with Gasteiger partial charge in [0.15, 0.2) is 0 Å². The number of anilines is 1. The molecule has 0 amide bonds. The molecule has 100 valence electrons. The zero-order chi connectivity index (χ0) is 12.8. The quantitative estimate of drug-likeness (QED) is 0.773. The molecule has 1 aliphatic rings. The molecule has 1 aromatic rings. The number of hydrogen-bond acceptors (Lipinski definition) is 2. The van der Waals surface area contributed by atoms with Crippen LogP contribution in [-0.4, -0.2) is 31.1 Å². The molecule has 0 radical (unpaired) electrons. The fourth-order valence-corrected chi connectivity index (χ4v) is 2.80. The highest BCUT2D eigenvalue weighted by Crippen LogP contribution is 2.20. The van der Waals surface area contributed by atoms with Crippen molar-refractivity contribution < 1.29 is 0 Å². The summed E-state index contributed by atoms with van der Waals surface area (Å²) in [5.41, 5.74) is 4.17. The van der Waals surface area contributed by atoms with Crippen LogP contribution in [0.25, 0.3) is 0 Å². The summed E-state index contributed by atoms with van der Waals surface area (Å²) < 4.78 is 0. The molecular weight excluding hydrogens is 220 g/mol. The molecule has 1 fully saturated rings. The summed E-state index contributed by atoms with van der Waals surface area (Å²) in [6.45, 7) is 9.38. The summed E-state index contributed by atoms with van der Waals surface area (Å²) in [7, 11) is 0. The Morgan fingerprint density at radius 1 is 1.22 bits per heavy atom. The van der Waals surface area contributed by atoms with Gasteiger partial charge in [0.2, 0.25) is 0 Å². The van der Waals surface area contributed by atoms with Crippen LogP contribution in [0.4, 0.5) is 5.69 Å². The minimum absolute atomic E-state index is 1.09. The average molecular weight is 246 g/mol. The van der Waals surface area contributed by atoms with Crippen molar-refractivity contribution >= 4 is 5.69 Å². The molecule has 0 bridgehead atoms. The highest BCUT2D eigenvalue weighted by molar-refractivity contribution is 5.57. The fraction of sp³-hybridized carbons (Fsp3) is 0.625. The van der Waals surface area contributed by atoms with Gasteiger partial charge in [-0.25, -0.2) is 0 Å². The van der Waals surface area contributed by atoms with E-state index in [1.54, 1.807) is 0 Å². The highest BCUT2D eigenvalue weighted by Gasteiger charge is 2.10. The molecule has 18 heavy (non-hydrogen) atoms. The molecule has 1 aromatic carbocycles. The molecule has 0 saturated carbocycles. The lowest BCUT2D eigenvalue weighted by Gasteiger charge is -2.17. The van der Waals surface area contributed by atoms with E-state index in [1.807, 2.05) is 0 Å². The van der Waals surface area contributed by atoms with E-state index in [9.17, 15) is 0 Å². The number of aryl methyl sites for hydroxylation is 2. The van der Waals surface area contributed by atoms with E-state index in [0.717, 1.165) is 13.0 Å². The van der Waals surface area contributed by atoms with Crippen molar-refractivity contribution in [1.82, 2.24) is 4.90 Å². The van der Waals surface area contributed by atoms with E-state index in [1.165, 1.54) is 55.7 Å².